The van der Waals surface area contributed by atoms with Gasteiger partial charge in [0.1, 0.15) is 18.1 Å². The molecule has 1 unspecified atom stereocenters. The maximum atomic E-state index is 12.2. The number of hydrogen-bond donors (Lipinski definition) is 2. The van der Waals surface area contributed by atoms with Gasteiger partial charge in [-0.2, -0.15) is 0 Å². The number of anilines is 1. The van der Waals surface area contributed by atoms with Gasteiger partial charge in [0.25, 0.3) is 5.91 Å². The van der Waals surface area contributed by atoms with Crippen LogP contribution in [0.15, 0.2) is 48.5 Å². The molecule has 0 fully saturated rings. The molecule has 0 aliphatic carbocycles. The fraction of sp³-hybridized carbons (Fsp3) is 0.278. The van der Waals surface area contributed by atoms with E-state index < -0.39 is 6.10 Å². The van der Waals surface area contributed by atoms with E-state index in [4.69, 9.17) is 15.2 Å². The molecule has 2 aromatic rings. The maximum Gasteiger partial charge on any atom is 0.265 e. The number of nitrogens with two attached hydrogens (primary N) is 1. The van der Waals surface area contributed by atoms with Gasteiger partial charge in [0.2, 0.25) is 0 Å². The normalized spacial score (nSPS) is 11.1. The number of carbonyl (C=O) groups is 1. The van der Waals surface area contributed by atoms with Crippen LogP contribution >= 0.6 is 12.4 Å². The Labute approximate surface area is 148 Å². The number of rotatable bonds is 7. The van der Waals surface area contributed by atoms with Crippen LogP contribution in [0.2, 0.25) is 0 Å². The highest BCUT2D eigenvalue weighted by Gasteiger charge is 2.14. The van der Waals surface area contributed by atoms with Crippen molar-refractivity contribution in [2.24, 2.45) is 5.73 Å². The van der Waals surface area contributed by atoms with Gasteiger partial charge in [-0.25, -0.2) is 0 Å². The zero-order valence-electron chi connectivity index (χ0n) is 13.8. The molecule has 0 aliphatic rings. The summed E-state index contributed by atoms with van der Waals surface area (Å²) in [6.45, 7) is 4.65. The standard InChI is InChI=1S/C18H22N2O3.ClH/c1-13-3-7-17(8-4-13)23-14(2)18(21)20-15-5-9-16(10-6-15)22-12-11-19;/h3-10,14H,11-12,19H2,1-2H3,(H,20,21);1H. The lowest BCUT2D eigenvalue weighted by atomic mass is 10.2. The van der Waals surface area contributed by atoms with Crippen LogP contribution in [0.25, 0.3) is 0 Å². The lowest BCUT2D eigenvalue weighted by Gasteiger charge is -2.15. The third-order valence-electron chi connectivity index (χ3n) is 3.21. The van der Waals surface area contributed by atoms with Crippen LogP contribution in [0.1, 0.15) is 12.5 Å². The number of hydrogen-bond acceptors (Lipinski definition) is 4. The van der Waals surface area contributed by atoms with Gasteiger partial charge in [0.15, 0.2) is 6.10 Å². The molecule has 0 aromatic heterocycles. The van der Waals surface area contributed by atoms with Crippen molar-refractivity contribution in [3.8, 4) is 11.5 Å². The summed E-state index contributed by atoms with van der Waals surface area (Å²) in [5.41, 5.74) is 7.22. The molecule has 5 nitrogen and oxygen atoms in total. The first kappa shape index (κ1) is 19.8. The molecule has 0 radical (unpaired) electrons. The lowest BCUT2D eigenvalue weighted by molar-refractivity contribution is -0.122. The van der Waals surface area contributed by atoms with E-state index in [-0.39, 0.29) is 18.3 Å². The van der Waals surface area contributed by atoms with Gasteiger partial charge < -0.3 is 20.5 Å². The lowest BCUT2D eigenvalue weighted by Crippen LogP contribution is -2.30. The second kappa shape index (κ2) is 9.80. The van der Waals surface area contributed by atoms with E-state index in [1.54, 1.807) is 31.2 Å². The number of amides is 1. The Hall–Kier alpha value is -2.24. The van der Waals surface area contributed by atoms with Gasteiger partial charge in [-0.3, -0.25) is 4.79 Å². The van der Waals surface area contributed by atoms with Gasteiger partial charge in [-0.15, -0.1) is 12.4 Å². The minimum atomic E-state index is -0.592. The Balaban J connectivity index is 0.00000288. The van der Waals surface area contributed by atoms with E-state index in [9.17, 15) is 4.79 Å². The van der Waals surface area contributed by atoms with E-state index in [0.29, 0.717) is 24.6 Å². The van der Waals surface area contributed by atoms with Crippen molar-refractivity contribution >= 4 is 24.0 Å². The molecule has 1 amide bonds. The number of halogens is 1. The van der Waals surface area contributed by atoms with Crippen LogP contribution in [0.3, 0.4) is 0 Å². The van der Waals surface area contributed by atoms with Crippen LogP contribution in [0.5, 0.6) is 11.5 Å². The predicted octanol–water partition coefficient (Wildman–Crippen LogP) is 3.16. The van der Waals surface area contributed by atoms with Crippen molar-refractivity contribution < 1.29 is 14.3 Å². The van der Waals surface area contributed by atoms with Crippen molar-refractivity contribution in [1.82, 2.24) is 0 Å². The number of ether oxygens (including phenoxy) is 2. The Morgan fingerprint density at radius 3 is 2.25 bits per heavy atom. The number of benzene rings is 2. The summed E-state index contributed by atoms with van der Waals surface area (Å²) < 4.78 is 11.0. The van der Waals surface area contributed by atoms with Gasteiger partial charge in [-0.05, 0) is 50.2 Å². The van der Waals surface area contributed by atoms with Gasteiger partial charge in [0, 0.05) is 12.2 Å². The fourth-order valence-corrected chi connectivity index (χ4v) is 1.93. The minimum absolute atomic E-state index is 0. The third-order valence-corrected chi connectivity index (χ3v) is 3.21. The van der Waals surface area contributed by atoms with Gasteiger partial charge >= 0.3 is 0 Å². The fourth-order valence-electron chi connectivity index (χ4n) is 1.93. The molecule has 130 valence electrons. The van der Waals surface area contributed by atoms with E-state index in [1.165, 1.54) is 0 Å². The quantitative estimate of drug-likeness (QED) is 0.804. The van der Waals surface area contributed by atoms with Crippen LogP contribution in [-0.2, 0) is 4.79 Å². The first-order valence-electron chi connectivity index (χ1n) is 7.55. The molecule has 0 saturated heterocycles. The molecule has 0 heterocycles. The first-order valence-corrected chi connectivity index (χ1v) is 7.55. The van der Waals surface area contributed by atoms with Crippen LogP contribution in [0.4, 0.5) is 5.69 Å². The Kier molecular flexibility index (Phi) is 8.09. The number of nitrogens with one attached hydrogen (secondary N) is 1. The first-order chi connectivity index (χ1) is 11.1. The van der Waals surface area contributed by atoms with Crippen LogP contribution in [-0.4, -0.2) is 25.2 Å². The summed E-state index contributed by atoms with van der Waals surface area (Å²) in [6, 6.07) is 14.7. The smallest absolute Gasteiger partial charge is 0.265 e. The molecule has 2 aromatic carbocycles. The highest BCUT2D eigenvalue weighted by Crippen LogP contribution is 2.17. The average molecular weight is 351 g/mol. The summed E-state index contributed by atoms with van der Waals surface area (Å²) in [7, 11) is 0. The van der Waals surface area contributed by atoms with E-state index >= 15 is 0 Å². The topological polar surface area (TPSA) is 73.6 Å². The zero-order valence-corrected chi connectivity index (χ0v) is 14.6. The molecular weight excluding hydrogens is 328 g/mol. The molecule has 0 saturated carbocycles. The number of carbonyl (C=O) groups excluding carboxylic acids is 1. The highest BCUT2D eigenvalue weighted by atomic mass is 35.5. The van der Waals surface area contributed by atoms with Crippen LogP contribution in [0, 0.1) is 6.92 Å². The summed E-state index contributed by atoms with van der Waals surface area (Å²) in [5, 5.41) is 2.81. The largest absolute Gasteiger partial charge is 0.492 e. The average Bonchev–Trinajstić information content (AvgIpc) is 2.56. The summed E-state index contributed by atoms with van der Waals surface area (Å²) in [5.74, 6) is 1.18. The summed E-state index contributed by atoms with van der Waals surface area (Å²) in [6.07, 6.45) is -0.592. The molecule has 1 atom stereocenters. The molecule has 6 heteroatoms. The van der Waals surface area contributed by atoms with Crippen LogP contribution < -0.4 is 20.5 Å². The highest BCUT2D eigenvalue weighted by molar-refractivity contribution is 5.94. The van der Waals surface area contributed by atoms with Crippen molar-refractivity contribution in [1.29, 1.82) is 0 Å². The second-order valence-electron chi connectivity index (χ2n) is 5.22. The minimum Gasteiger partial charge on any atom is -0.492 e. The second-order valence-corrected chi connectivity index (χ2v) is 5.22. The Morgan fingerprint density at radius 2 is 1.67 bits per heavy atom. The maximum absolute atomic E-state index is 12.2. The van der Waals surface area contributed by atoms with Crippen molar-refractivity contribution in [2.45, 2.75) is 20.0 Å². The SMILES string of the molecule is Cc1ccc(OC(C)C(=O)Nc2ccc(OCCN)cc2)cc1.Cl. The van der Waals surface area contributed by atoms with E-state index in [2.05, 4.69) is 5.32 Å². The summed E-state index contributed by atoms with van der Waals surface area (Å²) in [4.78, 5) is 12.2. The Bertz CT molecular complexity index is 630. The van der Waals surface area contributed by atoms with Gasteiger partial charge in [-0.1, -0.05) is 17.7 Å². The molecule has 0 spiro atoms. The van der Waals surface area contributed by atoms with E-state index in [0.717, 1.165) is 11.3 Å². The predicted molar refractivity (Wildman–Crippen MR) is 98.1 cm³/mol. The van der Waals surface area contributed by atoms with Gasteiger partial charge in [0.05, 0.1) is 0 Å². The van der Waals surface area contributed by atoms with Crippen molar-refractivity contribution in [2.75, 3.05) is 18.5 Å². The van der Waals surface area contributed by atoms with Crippen molar-refractivity contribution in [3.05, 3.63) is 54.1 Å². The number of aryl methyl sites for hydroxylation is 1. The molecule has 3 N–H and O–H groups in total. The monoisotopic (exact) mass is 350 g/mol. The van der Waals surface area contributed by atoms with Crippen molar-refractivity contribution in [3.63, 3.8) is 0 Å². The zero-order chi connectivity index (χ0) is 16.7. The molecule has 24 heavy (non-hydrogen) atoms. The molecule has 0 aliphatic heterocycles. The Morgan fingerprint density at radius 1 is 1.08 bits per heavy atom. The summed E-state index contributed by atoms with van der Waals surface area (Å²) >= 11 is 0. The third kappa shape index (κ3) is 6.10. The molecule has 2 rings (SSSR count). The van der Waals surface area contributed by atoms with E-state index in [1.807, 2.05) is 31.2 Å². The molecular formula is C18H23ClN2O3. The molecule has 0 bridgehead atoms.